The van der Waals surface area contributed by atoms with Gasteiger partial charge in [0.1, 0.15) is 5.78 Å². The lowest BCUT2D eigenvalue weighted by Crippen LogP contribution is -2.19. The topological polar surface area (TPSA) is 17.1 Å². The molecule has 0 aliphatic heterocycles. The van der Waals surface area contributed by atoms with Gasteiger partial charge in [0.25, 0.3) is 0 Å². The van der Waals surface area contributed by atoms with Crippen molar-refractivity contribution in [3.8, 4) is 0 Å². The second kappa shape index (κ2) is 8.24. The summed E-state index contributed by atoms with van der Waals surface area (Å²) in [5, 5.41) is 0. The highest BCUT2D eigenvalue weighted by Gasteiger charge is 2.26. The molecule has 0 saturated carbocycles. The van der Waals surface area contributed by atoms with Gasteiger partial charge in [-0.1, -0.05) is 69.7 Å². The Balaban J connectivity index is 1.54. The maximum atomic E-state index is 12.0. The predicted molar refractivity (Wildman–Crippen MR) is 85.1 cm³/mol. The summed E-state index contributed by atoms with van der Waals surface area (Å²) in [5.41, 5.74) is 2.86. The van der Waals surface area contributed by atoms with Crippen LogP contribution in [0.3, 0.4) is 0 Å². The molecule has 1 aromatic rings. The average Bonchev–Trinajstić information content (AvgIpc) is 2.44. The molecule has 1 aliphatic carbocycles. The van der Waals surface area contributed by atoms with Crippen molar-refractivity contribution in [1.29, 1.82) is 0 Å². The Morgan fingerprint density at radius 2 is 1.75 bits per heavy atom. The fourth-order valence-electron chi connectivity index (χ4n) is 3.20. The molecule has 110 valence electrons. The maximum absolute atomic E-state index is 12.0. The third-order valence-electron chi connectivity index (χ3n) is 4.49. The van der Waals surface area contributed by atoms with E-state index in [1.165, 1.54) is 49.7 Å². The largest absolute Gasteiger partial charge is 0.300 e. The third-order valence-corrected chi connectivity index (χ3v) is 4.49. The van der Waals surface area contributed by atoms with Crippen LogP contribution in [0.1, 0.15) is 81.8 Å². The minimum Gasteiger partial charge on any atom is -0.300 e. The SMILES string of the molecule is CCCCCCCCCC(=O)CC1Cc2ccccc21. The van der Waals surface area contributed by atoms with Crippen molar-refractivity contribution < 1.29 is 4.79 Å². The molecule has 0 radical (unpaired) electrons. The second-order valence-corrected chi connectivity index (χ2v) is 6.21. The Labute approximate surface area is 123 Å². The van der Waals surface area contributed by atoms with Crippen LogP contribution in [0.15, 0.2) is 24.3 Å². The molecule has 1 heteroatoms. The van der Waals surface area contributed by atoms with Gasteiger partial charge in [0.2, 0.25) is 0 Å². The lowest BCUT2D eigenvalue weighted by atomic mass is 9.75. The Bertz CT molecular complexity index is 422. The van der Waals surface area contributed by atoms with Crippen molar-refractivity contribution in [2.45, 2.75) is 77.0 Å². The molecule has 2 rings (SSSR count). The standard InChI is InChI=1S/C19H28O/c1-2-3-4-5-6-7-8-12-18(20)15-17-14-16-11-9-10-13-19(16)17/h9-11,13,17H,2-8,12,14-15H2,1H3. The molecule has 20 heavy (non-hydrogen) atoms. The summed E-state index contributed by atoms with van der Waals surface area (Å²) in [4.78, 5) is 12.0. The quantitative estimate of drug-likeness (QED) is 0.519. The first kappa shape index (κ1) is 15.3. The number of fused-ring (bicyclic) bond motifs is 1. The minimum absolute atomic E-state index is 0.470. The Morgan fingerprint density at radius 3 is 2.50 bits per heavy atom. The fourth-order valence-corrected chi connectivity index (χ4v) is 3.20. The first-order valence-electron chi connectivity index (χ1n) is 8.40. The van der Waals surface area contributed by atoms with Crippen molar-refractivity contribution in [3.05, 3.63) is 35.4 Å². The third kappa shape index (κ3) is 4.47. The molecule has 0 spiro atoms. The van der Waals surface area contributed by atoms with Crippen molar-refractivity contribution in [2.75, 3.05) is 0 Å². The van der Waals surface area contributed by atoms with Gasteiger partial charge >= 0.3 is 0 Å². The summed E-state index contributed by atoms with van der Waals surface area (Å²) in [6.45, 7) is 2.25. The zero-order valence-electron chi connectivity index (χ0n) is 12.9. The summed E-state index contributed by atoms with van der Waals surface area (Å²) in [6, 6.07) is 8.55. The summed E-state index contributed by atoms with van der Waals surface area (Å²) >= 11 is 0. The molecule has 0 heterocycles. The van der Waals surface area contributed by atoms with Crippen molar-refractivity contribution >= 4 is 5.78 Å². The van der Waals surface area contributed by atoms with Crippen LogP contribution in [0.2, 0.25) is 0 Å². The highest BCUT2D eigenvalue weighted by atomic mass is 16.1. The fraction of sp³-hybridized carbons (Fsp3) is 0.632. The van der Waals surface area contributed by atoms with Crippen LogP contribution in [0.4, 0.5) is 0 Å². The van der Waals surface area contributed by atoms with Gasteiger partial charge in [-0.05, 0) is 29.9 Å². The van der Waals surface area contributed by atoms with Crippen LogP contribution in [-0.2, 0) is 11.2 Å². The molecule has 1 nitrogen and oxygen atoms in total. The first-order valence-corrected chi connectivity index (χ1v) is 8.40. The van der Waals surface area contributed by atoms with Gasteiger partial charge < -0.3 is 0 Å². The van der Waals surface area contributed by atoms with Crippen LogP contribution in [-0.4, -0.2) is 5.78 Å². The molecule has 0 saturated heterocycles. The van der Waals surface area contributed by atoms with Gasteiger partial charge in [-0.25, -0.2) is 0 Å². The van der Waals surface area contributed by atoms with E-state index in [0.717, 1.165) is 25.7 Å². The number of benzene rings is 1. The number of unbranched alkanes of at least 4 members (excludes halogenated alkanes) is 6. The van der Waals surface area contributed by atoms with E-state index in [1.54, 1.807) is 0 Å². The van der Waals surface area contributed by atoms with E-state index in [9.17, 15) is 4.79 Å². The molecular formula is C19H28O. The summed E-state index contributed by atoms with van der Waals surface area (Å²) in [7, 11) is 0. The number of carbonyl (C=O) groups is 1. The average molecular weight is 272 g/mol. The zero-order valence-corrected chi connectivity index (χ0v) is 12.9. The van der Waals surface area contributed by atoms with E-state index in [1.807, 2.05) is 0 Å². The summed E-state index contributed by atoms with van der Waals surface area (Å²) < 4.78 is 0. The van der Waals surface area contributed by atoms with E-state index in [2.05, 4.69) is 31.2 Å². The Kier molecular flexibility index (Phi) is 6.29. The molecule has 0 fully saturated rings. The van der Waals surface area contributed by atoms with Crippen molar-refractivity contribution in [2.24, 2.45) is 0 Å². The monoisotopic (exact) mass is 272 g/mol. The van der Waals surface area contributed by atoms with E-state index in [4.69, 9.17) is 0 Å². The van der Waals surface area contributed by atoms with Gasteiger partial charge in [0.15, 0.2) is 0 Å². The molecule has 1 unspecified atom stereocenters. The van der Waals surface area contributed by atoms with Crippen LogP contribution in [0.25, 0.3) is 0 Å². The van der Waals surface area contributed by atoms with Crippen LogP contribution >= 0.6 is 0 Å². The molecule has 0 aromatic heterocycles. The molecular weight excluding hydrogens is 244 g/mol. The predicted octanol–water partition coefficient (Wildman–Crippen LogP) is 5.43. The van der Waals surface area contributed by atoms with Crippen molar-refractivity contribution in [3.63, 3.8) is 0 Å². The molecule has 0 amide bonds. The summed E-state index contributed by atoms with van der Waals surface area (Å²) in [6.07, 6.45) is 11.7. The van der Waals surface area contributed by atoms with Gasteiger partial charge in [-0.15, -0.1) is 0 Å². The van der Waals surface area contributed by atoms with Gasteiger partial charge in [0, 0.05) is 12.8 Å². The van der Waals surface area contributed by atoms with Crippen LogP contribution in [0, 0.1) is 0 Å². The van der Waals surface area contributed by atoms with Gasteiger partial charge in [-0.2, -0.15) is 0 Å². The smallest absolute Gasteiger partial charge is 0.133 e. The highest BCUT2D eigenvalue weighted by molar-refractivity contribution is 5.79. The van der Waals surface area contributed by atoms with E-state index in [0.29, 0.717) is 11.7 Å². The minimum atomic E-state index is 0.470. The normalized spacial score (nSPS) is 16.6. The van der Waals surface area contributed by atoms with E-state index in [-0.39, 0.29) is 0 Å². The van der Waals surface area contributed by atoms with Crippen LogP contribution in [0.5, 0.6) is 0 Å². The Morgan fingerprint density at radius 1 is 1.05 bits per heavy atom. The van der Waals surface area contributed by atoms with E-state index < -0.39 is 0 Å². The number of hydrogen-bond acceptors (Lipinski definition) is 1. The first-order chi connectivity index (χ1) is 9.81. The van der Waals surface area contributed by atoms with Crippen molar-refractivity contribution in [1.82, 2.24) is 0 Å². The van der Waals surface area contributed by atoms with Gasteiger partial charge in [-0.3, -0.25) is 4.79 Å². The number of rotatable bonds is 10. The number of Topliss-reactive ketones (excluding diaryl/α,β-unsaturated/α-hetero) is 1. The summed E-state index contributed by atoms with van der Waals surface area (Å²) in [5.74, 6) is 0.987. The molecule has 1 aromatic carbocycles. The zero-order chi connectivity index (χ0) is 14.2. The maximum Gasteiger partial charge on any atom is 0.133 e. The second-order valence-electron chi connectivity index (χ2n) is 6.21. The molecule has 0 bridgehead atoms. The lowest BCUT2D eigenvalue weighted by Gasteiger charge is -2.29. The van der Waals surface area contributed by atoms with Gasteiger partial charge in [0.05, 0.1) is 0 Å². The highest BCUT2D eigenvalue weighted by Crippen LogP contribution is 2.37. The Hall–Kier alpha value is -1.11. The molecule has 1 atom stereocenters. The van der Waals surface area contributed by atoms with E-state index >= 15 is 0 Å². The number of hydrogen-bond donors (Lipinski definition) is 0. The number of carbonyl (C=O) groups excluding carboxylic acids is 1. The molecule has 0 N–H and O–H groups in total. The number of ketones is 1. The lowest BCUT2D eigenvalue weighted by molar-refractivity contribution is -0.119. The van der Waals surface area contributed by atoms with Crippen LogP contribution < -0.4 is 0 Å². The molecule has 1 aliphatic rings.